The summed E-state index contributed by atoms with van der Waals surface area (Å²) in [6.07, 6.45) is 0. The van der Waals surface area contributed by atoms with E-state index >= 15 is 0 Å². The first kappa shape index (κ1) is 11.5. The van der Waals surface area contributed by atoms with Crippen LogP contribution in [0.3, 0.4) is 0 Å². The molecule has 0 rings (SSSR count). The van der Waals surface area contributed by atoms with Crippen molar-refractivity contribution in [3.63, 3.8) is 0 Å². The molecule has 0 aliphatic carbocycles. The van der Waals surface area contributed by atoms with Gasteiger partial charge in [0.15, 0.2) is 0 Å². The fourth-order valence-electron chi connectivity index (χ4n) is 0.231. The number of aliphatic hydroxyl groups excluding tert-OH is 2. The maximum absolute atomic E-state index is 8.09. The van der Waals surface area contributed by atoms with Gasteiger partial charge in [-0.3, -0.25) is 0 Å². The number of hydrogen-bond donors (Lipinski definition) is 2. The Morgan fingerprint density at radius 1 is 1.00 bits per heavy atom. The molecule has 3 radical (unpaired) electrons. The second-order valence-corrected chi connectivity index (χ2v) is 1.06. The minimum Gasteiger partial charge on any atom is -0.394 e. The second kappa shape index (κ2) is 10.7. The van der Waals surface area contributed by atoms with Crippen LogP contribution in [0.15, 0.2) is 0 Å². The standard InChI is InChI=1S/C4H10O3.Bi/c5-1-3-7-4-2-6;/h5-6H,1-4H2;. The molecule has 0 atom stereocenters. The van der Waals surface area contributed by atoms with E-state index in [1.54, 1.807) is 0 Å². The van der Waals surface area contributed by atoms with Gasteiger partial charge in [-0.05, 0) is 0 Å². The van der Waals surface area contributed by atoms with Crippen LogP contribution in [0.1, 0.15) is 0 Å². The molecule has 49 valence electrons. The van der Waals surface area contributed by atoms with Gasteiger partial charge in [-0.25, -0.2) is 0 Å². The van der Waals surface area contributed by atoms with E-state index < -0.39 is 0 Å². The summed E-state index contributed by atoms with van der Waals surface area (Å²) in [5.74, 6) is 0. The zero-order valence-corrected chi connectivity index (χ0v) is 8.06. The third-order valence-electron chi connectivity index (χ3n) is 0.471. The van der Waals surface area contributed by atoms with Crippen molar-refractivity contribution in [1.29, 1.82) is 0 Å². The molecule has 0 aromatic rings. The van der Waals surface area contributed by atoms with Gasteiger partial charge in [0.05, 0.1) is 26.4 Å². The number of hydrogen-bond acceptors (Lipinski definition) is 3. The molecule has 8 heavy (non-hydrogen) atoms. The van der Waals surface area contributed by atoms with Crippen molar-refractivity contribution in [2.75, 3.05) is 26.4 Å². The first-order valence-corrected chi connectivity index (χ1v) is 2.21. The van der Waals surface area contributed by atoms with Crippen LogP contribution in [0.25, 0.3) is 0 Å². The Bertz CT molecular complexity index is 30.5. The van der Waals surface area contributed by atoms with E-state index in [-0.39, 0.29) is 39.4 Å². The molecule has 0 aliphatic rings. The van der Waals surface area contributed by atoms with E-state index in [1.165, 1.54) is 0 Å². The Morgan fingerprint density at radius 3 is 1.62 bits per heavy atom. The SMILES string of the molecule is OCCOCCO.[Bi]. The smallest absolute Gasteiger partial charge is 0.0698 e. The third kappa shape index (κ3) is 9.90. The quantitative estimate of drug-likeness (QED) is 0.496. The van der Waals surface area contributed by atoms with Gasteiger partial charge < -0.3 is 14.9 Å². The van der Waals surface area contributed by atoms with Crippen molar-refractivity contribution in [2.24, 2.45) is 0 Å². The number of aliphatic hydroxyl groups is 2. The van der Waals surface area contributed by atoms with E-state index in [0.717, 1.165) is 0 Å². The van der Waals surface area contributed by atoms with Crippen molar-refractivity contribution in [2.45, 2.75) is 0 Å². The average molecular weight is 315 g/mol. The average Bonchev–Trinajstić information content (AvgIpc) is 1.69. The maximum Gasteiger partial charge on any atom is 0.0698 e. The van der Waals surface area contributed by atoms with E-state index in [9.17, 15) is 0 Å². The summed E-state index contributed by atoms with van der Waals surface area (Å²) in [5, 5.41) is 16.2. The Morgan fingerprint density at radius 2 is 1.38 bits per heavy atom. The Labute approximate surface area is 67.8 Å². The van der Waals surface area contributed by atoms with Crippen molar-refractivity contribution in [3.8, 4) is 0 Å². The number of ether oxygens (including phenoxy) is 1. The Balaban J connectivity index is 0. The molecule has 0 saturated heterocycles. The Kier molecular flexibility index (Phi) is 15.4. The summed E-state index contributed by atoms with van der Waals surface area (Å²) < 4.78 is 4.63. The van der Waals surface area contributed by atoms with Crippen LogP contribution in [0.5, 0.6) is 0 Å². The van der Waals surface area contributed by atoms with Crippen LogP contribution in [0, 0.1) is 0 Å². The van der Waals surface area contributed by atoms with Crippen LogP contribution in [0.4, 0.5) is 0 Å². The predicted molar refractivity (Wildman–Crippen MR) is 30.7 cm³/mol. The topological polar surface area (TPSA) is 49.7 Å². The molecule has 0 fully saturated rings. The van der Waals surface area contributed by atoms with Crippen molar-refractivity contribution >= 4 is 26.2 Å². The third-order valence-corrected chi connectivity index (χ3v) is 0.471. The fourth-order valence-corrected chi connectivity index (χ4v) is 0.231. The number of rotatable bonds is 4. The van der Waals surface area contributed by atoms with Crippen LogP contribution < -0.4 is 0 Å². The minimum atomic E-state index is 0. The molecular weight excluding hydrogens is 305 g/mol. The van der Waals surface area contributed by atoms with E-state index in [2.05, 4.69) is 4.74 Å². The van der Waals surface area contributed by atoms with E-state index in [1.807, 2.05) is 0 Å². The maximum atomic E-state index is 8.09. The largest absolute Gasteiger partial charge is 0.394 e. The van der Waals surface area contributed by atoms with Crippen LogP contribution in [0.2, 0.25) is 0 Å². The van der Waals surface area contributed by atoms with Crippen LogP contribution in [-0.4, -0.2) is 62.8 Å². The monoisotopic (exact) mass is 315 g/mol. The van der Waals surface area contributed by atoms with Gasteiger partial charge >= 0.3 is 0 Å². The Hall–Kier alpha value is 0.763. The normalized spacial score (nSPS) is 8.25. The first-order valence-electron chi connectivity index (χ1n) is 2.21. The van der Waals surface area contributed by atoms with Gasteiger partial charge in [0.25, 0.3) is 0 Å². The molecule has 4 heteroatoms. The molecule has 0 bridgehead atoms. The van der Waals surface area contributed by atoms with E-state index in [4.69, 9.17) is 10.2 Å². The van der Waals surface area contributed by atoms with Gasteiger partial charge in [0, 0.05) is 26.2 Å². The minimum absolute atomic E-state index is 0. The molecule has 0 amide bonds. The molecule has 0 aromatic carbocycles. The fraction of sp³-hybridized carbons (Fsp3) is 1.00. The van der Waals surface area contributed by atoms with Crippen molar-refractivity contribution in [3.05, 3.63) is 0 Å². The summed E-state index contributed by atoms with van der Waals surface area (Å²) in [6.45, 7) is 0.696. The van der Waals surface area contributed by atoms with Crippen molar-refractivity contribution in [1.82, 2.24) is 0 Å². The summed E-state index contributed by atoms with van der Waals surface area (Å²) >= 11 is 0. The molecule has 2 N–H and O–H groups in total. The van der Waals surface area contributed by atoms with Crippen molar-refractivity contribution < 1.29 is 14.9 Å². The molecule has 0 unspecified atom stereocenters. The van der Waals surface area contributed by atoms with Gasteiger partial charge in [-0.15, -0.1) is 0 Å². The van der Waals surface area contributed by atoms with Crippen LogP contribution in [-0.2, 0) is 4.74 Å². The van der Waals surface area contributed by atoms with Gasteiger partial charge in [-0.1, -0.05) is 0 Å². The van der Waals surface area contributed by atoms with Gasteiger partial charge in [-0.2, -0.15) is 0 Å². The molecule has 0 spiro atoms. The predicted octanol–water partition coefficient (Wildman–Crippen LogP) is -1.39. The molecule has 0 aromatic heterocycles. The summed E-state index contributed by atoms with van der Waals surface area (Å²) in [7, 11) is 0. The zero-order chi connectivity index (χ0) is 5.54. The molecule has 3 nitrogen and oxygen atoms in total. The summed E-state index contributed by atoms with van der Waals surface area (Å²) in [4.78, 5) is 0. The van der Waals surface area contributed by atoms with Gasteiger partial charge in [0.2, 0.25) is 0 Å². The molecule has 0 aliphatic heterocycles. The molecular formula is C4H10BiO3. The summed E-state index contributed by atoms with van der Waals surface area (Å²) in [6, 6.07) is 0. The van der Waals surface area contributed by atoms with Crippen LogP contribution >= 0.6 is 0 Å². The molecule has 0 heterocycles. The van der Waals surface area contributed by atoms with E-state index in [0.29, 0.717) is 13.2 Å². The first-order chi connectivity index (χ1) is 3.41. The second-order valence-electron chi connectivity index (χ2n) is 1.06. The summed E-state index contributed by atoms with van der Waals surface area (Å²) in [5.41, 5.74) is 0. The zero-order valence-electron chi connectivity index (χ0n) is 4.58. The van der Waals surface area contributed by atoms with Gasteiger partial charge in [0.1, 0.15) is 0 Å². The molecule has 0 saturated carbocycles.